The molecule has 1 heterocycles. The Bertz CT molecular complexity index is 1210. The van der Waals surface area contributed by atoms with E-state index in [0.29, 0.717) is 21.7 Å². The van der Waals surface area contributed by atoms with Crippen molar-refractivity contribution < 1.29 is 18.7 Å². The van der Waals surface area contributed by atoms with Crippen molar-refractivity contribution in [2.75, 3.05) is 12.4 Å². The second kappa shape index (κ2) is 7.85. The van der Waals surface area contributed by atoms with Crippen LogP contribution in [0.4, 0.5) is 9.39 Å². The van der Waals surface area contributed by atoms with Gasteiger partial charge in [-0.25, -0.2) is 9.18 Å². The van der Waals surface area contributed by atoms with E-state index < -0.39 is 5.97 Å². The topological polar surface area (TPSA) is 55.4 Å². The standard InChI is InChI=1S/C23H16FNO3S/c1-28-23(27)20-19(15-9-11-16(24)12-10-15)13-29-22(20)25-21(26)18-8-4-6-14-5-2-3-7-17(14)18/h2-13H,1H3,(H,25,26). The SMILES string of the molecule is COC(=O)c1c(-c2ccc(F)cc2)csc1NC(=O)c1cccc2ccccc12. The maximum atomic E-state index is 13.3. The van der Waals surface area contributed by atoms with Crippen LogP contribution in [0.1, 0.15) is 20.7 Å². The van der Waals surface area contributed by atoms with Gasteiger partial charge in [0.1, 0.15) is 16.4 Å². The van der Waals surface area contributed by atoms with Crippen LogP contribution in [0.2, 0.25) is 0 Å². The quantitative estimate of drug-likeness (QED) is 0.440. The van der Waals surface area contributed by atoms with Gasteiger partial charge in [0.15, 0.2) is 0 Å². The van der Waals surface area contributed by atoms with Crippen LogP contribution in [0.5, 0.6) is 0 Å². The van der Waals surface area contributed by atoms with Crippen molar-refractivity contribution in [2.45, 2.75) is 0 Å². The molecule has 0 aliphatic heterocycles. The number of esters is 1. The van der Waals surface area contributed by atoms with E-state index in [1.54, 1.807) is 23.6 Å². The maximum absolute atomic E-state index is 13.3. The number of halogens is 1. The molecule has 0 saturated heterocycles. The van der Waals surface area contributed by atoms with Crippen molar-refractivity contribution in [3.63, 3.8) is 0 Å². The minimum atomic E-state index is -0.571. The van der Waals surface area contributed by atoms with Gasteiger partial charge >= 0.3 is 5.97 Å². The molecule has 144 valence electrons. The molecule has 0 fully saturated rings. The van der Waals surface area contributed by atoms with Gasteiger partial charge in [-0.1, -0.05) is 48.5 Å². The number of nitrogens with one attached hydrogen (secondary N) is 1. The van der Waals surface area contributed by atoms with Crippen LogP contribution in [0.15, 0.2) is 72.1 Å². The number of methoxy groups -OCH3 is 1. The summed E-state index contributed by atoms with van der Waals surface area (Å²) in [6.07, 6.45) is 0. The van der Waals surface area contributed by atoms with Crippen molar-refractivity contribution in [3.8, 4) is 11.1 Å². The first-order chi connectivity index (χ1) is 14.1. The number of carbonyl (C=O) groups excluding carboxylic acids is 2. The van der Waals surface area contributed by atoms with E-state index >= 15 is 0 Å². The first kappa shape index (κ1) is 18.8. The van der Waals surface area contributed by atoms with Crippen molar-refractivity contribution in [1.82, 2.24) is 0 Å². The van der Waals surface area contributed by atoms with E-state index in [2.05, 4.69) is 5.32 Å². The second-order valence-corrected chi connectivity index (χ2v) is 7.21. The molecule has 3 aromatic carbocycles. The van der Waals surface area contributed by atoms with Gasteiger partial charge in [-0.3, -0.25) is 4.79 Å². The normalized spacial score (nSPS) is 10.7. The minimum Gasteiger partial charge on any atom is -0.465 e. The summed E-state index contributed by atoms with van der Waals surface area (Å²) in [5.41, 5.74) is 2.00. The van der Waals surface area contributed by atoms with Crippen LogP contribution < -0.4 is 5.32 Å². The molecule has 1 aromatic heterocycles. The molecule has 29 heavy (non-hydrogen) atoms. The lowest BCUT2D eigenvalue weighted by molar-refractivity contribution is 0.0603. The lowest BCUT2D eigenvalue weighted by Crippen LogP contribution is -2.14. The number of thiophene rings is 1. The first-order valence-electron chi connectivity index (χ1n) is 8.83. The van der Waals surface area contributed by atoms with E-state index in [1.165, 1.54) is 30.6 Å². The van der Waals surface area contributed by atoms with Crippen LogP contribution in [0, 0.1) is 5.82 Å². The van der Waals surface area contributed by atoms with Gasteiger partial charge in [0.25, 0.3) is 5.91 Å². The summed E-state index contributed by atoms with van der Waals surface area (Å²) < 4.78 is 18.2. The average molecular weight is 405 g/mol. The molecule has 4 rings (SSSR count). The molecule has 0 bridgehead atoms. The fraction of sp³-hybridized carbons (Fsp3) is 0.0435. The summed E-state index contributed by atoms with van der Waals surface area (Å²) in [6.45, 7) is 0. The third kappa shape index (κ3) is 3.62. The Morgan fingerprint density at radius 3 is 2.45 bits per heavy atom. The molecule has 1 amide bonds. The molecule has 0 radical (unpaired) electrons. The Morgan fingerprint density at radius 1 is 0.966 bits per heavy atom. The monoisotopic (exact) mass is 405 g/mol. The third-order valence-electron chi connectivity index (χ3n) is 4.60. The van der Waals surface area contributed by atoms with Gasteiger partial charge < -0.3 is 10.1 Å². The molecule has 6 heteroatoms. The summed E-state index contributed by atoms with van der Waals surface area (Å²) in [7, 11) is 1.28. The lowest BCUT2D eigenvalue weighted by Gasteiger charge is -2.09. The van der Waals surface area contributed by atoms with Crippen molar-refractivity contribution in [1.29, 1.82) is 0 Å². The highest BCUT2D eigenvalue weighted by molar-refractivity contribution is 7.15. The summed E-state index contributed by atoms with van der Waals surface area (Å²) in [5, 5.41) is 6.74. The Kier molecular flexibility index (Phi) is 5.10. The maximum Gasteiger partial charge on any atom is 0.341 e. The first-order valence-corrected chi connectivity index (χ1v) is 9.71. The van der Waals surface area contributed by atoms with Crippen molar-refractivity contribution in [2.24, 2.45) is 0 Å². The van der Waals surface area contributed by atoms with Gasteiger partial charge in [-0.2, -0.15) is 0 Å². The van der Waals surface area contributed by atoms with Crippen LogP contribution in [-0.4, -0.2) is 19.0 Å². The molecular weight excluding hydrogens is 389 g/mol. The van der Waals surface area contributed by atoms with E-state index in [9.17, 15) is 14.0 Å². The zero-order valence-electron chi connectivity index (χ0n) is 15.4. The Labute approximate surface area is 170 Å². The van der Waals surface area contributed by atoms with Crippen molar-refractivity contribution in [3.05, 3.63) is 89.1 Å². The van der Waals surface area contributed by atoms with E-state index in [4.69, 9.17) is 4.74 Å². The summed E-state index contributed by atoms with van der Waals surface area (Å²) in [4.78, 5) is 25.4. The van der Waals surface area contributed by atoms with E-state index in [0.717, 1.165) is 10.8 Å². The Balaban J connectivity index is 1.74. The number of benzene rings is 3. The fourth-order valence-corrected chi connectivity index (χ4v) is 4.14. The predicted molar refractivity (Wildman–Crippen MR) is 113 cm³/mol. The van der Waals surface area contributed by atoms with Gasteiger partial charge in [0, 0.05) is 16.5 Å². The van der Waals surface area contributed by atoms with Gasteiger partial charge in [-0.05, 0) is 34.5 Å². The van der Waals surface area contributed by atoms with Crippen LogP contribution in [-0.2, 0) is 4.74 Å². The van der Waals surface area contributed by atoms with Gasteiger partial charge in [-0.15, -0.1) is 11.3 Å². The highest BCUT2D eigenvalue weighted by Crippen LogP contribution is 2.36. The van der Waals surface area contributed by atoms with Crippen LogP contribution in [0.3, 0.4) is 0 Å². The largest absolute Gasteiger partial charge is 0.465 e. The molecule has 0 saturated carbocycles. The number of hydrogen-bond acceptors (Lipinski definition) is 4. The molecule has 0 unspecified atom stereocenters. The van der Waals surface area contributed by atoms with Gasteiger partial charge in [0.2, 0.25) is 0 Å². The smallest absolute Gasteiger partial charge is 0.341 e. The number of rotatable bonds is 4. The number of ether oxygens (including phenoxy) is 1. The number of hydrogen-bond donors (Lipinski definition) is 1. The fourth-order valence-electron chi connectivity index (χ4n) is 3.19. The minimum absolute atomic E-state index is 0.248. The zero-order valence-corrected chi connectivity index (χ0v) is 16.3. The average Bonchev–Trinajstić information content (AvgIpc) is 3.16. The highest BCUT2D eigenvalue weighted by atomic mass is 32.1. The molecule has 0 atom stereocenters. The van der Waals surface area contributed by atoms with Gasteiger partial charge in [0.05, 0.1) is 7.11 Å². The van der Waals surface area contributed by atoms with Crippen LogP contribution in [0.25, 0.3) is 21.9 Å². The molecule has 0 aliphatic rings. The van der Waals surface area contributed by atoms with E-state index in [1.807, 2.05) is 36.4 Å². The number of fused-ring (bicyclic) bond motifs is 1. The third-order valence-corrected chi connectivity index (χ3v) is 5.49. The molecule has 4 nitrogen and oxygen atoms in total. The van der Waals surface area contributed by atoms with E-state index in [-0.39, 0.29) is 17.3 Å². The summed E-state index contributed by atoms with van der Waals surface area (Å²) >= 11 is 1.22. The van der Waals surface area contributed by atoms with Crippen molar-refractivity contribution >= 4 is 39.0 Å². The second-order valence-electron chi connectivity index (χ2n) is 6.33. The van der Waals surface area contributed by atoms with Crippen LogP contribution >= 0.6 is 11.3 Å². The molecule has 4 aromatic rings. The molecular formula is C23H16FNO3S. The lowest BCUT2D eigenvalue weighted by atomic mass is 10.0. The Morgan fingerprint density at radius 2 is 1.69 bits per heavy atom. The Hall–Kier alpha value is -3.51. The predicted octanol–water partition coefficient (Wildman–Crippen LogP) is 5.75. The molecule has 0 aliphatic carbocycles. The molecule has 1 N–H and O–H groups in total. The zero-order chi connectivity index (χ0) is 20.4. The summed E-state index contributed by atoms with van der Waals surface area (Å²) in [6, 6.07) is 18.9. The number of anilines is 1. The molecule has 0 spiro atoms. The summed E-state index contributed by atoms with van der Waals surface area (Å²) in [5.74, 6) is -1.26. The number of carbonyl (C=O) groups is 2. The number of amides is 1. The highest BCUT2D eigenvalue weighted by Gasteiger charge is 2.23.